The predicted octanol–water partition coefficient (Wildman–Crippen LogP) is 4.32. The first-order valence-electron chi connectivity index (χ1n) is 8.93. The van der Waals surface area contributed by atoms with E-state index in [-0.39, 0.29) is 11.9 Å². The van der Waals surface area contributed by atoms with E-state index in [0.717, 1.165) is 18.4 Å². The molecule has 4 nitrogen and oxygen atoms in total. The van der Waals surface area contributed by atoms with Crippen LogP contribution in [0.15, 0.2) is 48.5 Å². The average molecular weight is 335 g/mol. The molecule has 0 saturated heterocycles. The van der Waals surface area contributed by atoms with Gasteiger partial charge in [0.25, 0.3) is 5.91 Å². The molecule has 25 heavy (non-hydrogen) atoms. The minimum absolute atomic E-state index is 0.0362. The van der Waals surface area contributed by atoms with Crippen molar-refractivity contribution in [2.75, 3.05) is 5.73 Å². The summed E-state index contributed by atoms with van der Waals surface area (Å²) < 4.78 is 0. The van der Waals surface area contributed by atoms with E-state index in [9.17, 15) is 4.79 Å². The summed E-state index contributed by atoms with van der Waals surface area (Å²) in [7, 11) is 0. The second-order valence-electron chi connectivity index (χ2n) is 6.69. The van der Waals surface area contributed by atoms with Crippen molar-refractivity contribution in [2.45, 2.75) is 38.6 Å². The molecule has 0 aliphatic heterocycles. The lowest BCUT2D eigenvalue weighted by atomic mass is 9.77. The molecule has 1 aliphatic rings. The summed E-state index contributed by atoms with van der Waals surface area (Å²) in [6.07, 6.45) is 4.11. The monoisotopic (exact) mass is 335 g/mol. The van der Waals surface area contributed by atoms with Crippen molar-refractivity contribution in [3.8, 4) is 0 Å². The summed E-state index contributed by atoms with van der Waals surface area (Å²) in [6.45, 7) is 1.91. The topological polar surface area (TPSA) is 79.0 Å². The van der Waals surface area contributed by atoms with E-state index in [1.165, 1.54) is 6.42 Å². The third kappa shape index (κ3) is 3.73. The molecule has 1 saturated carbocycles. The van der Waals surface area contributed by atoms with Gasteiger partial charge in [-0.3, -0.25) is 4.79 Å². The Bertz CT molecular complexity index is 766. The molecule has 4 N–H and O–H groups in total. The van der Waals surface area contributed by atoms with Crippen molar-refractivity contribution >= 4 is 17.3 Å². The molecular weight excluding hydrogens is 310 g/mol. The SMILES string of the molecule is CCC(=N)c1cc(C(=O)NC(c2ccccc2)C2CCC2)ccc1N. The predicted molar refractivity (Wildman–Crippen MR) is 102 cm³/mol. The number of nitrogens with two attached hydrogens (primary N) is 1. The number of amides is 1. The molecule has 1 atom stereocenters. The Labute approximate surface area is 149 Å². The highest BCUT2D eigenvalue weighted by Gasteiger charge is 2.30. The van der Waals surface area contributed by atoms with Gasteiger partial charge in [0.05, 0.1) is 6.04 Å². The van der Waals surface area contributed by atoms with E-state index < -0.39 is 0 Å². The molecule has 0 bridgehead atoms. The number of nitrogen functional groups attached to an aromatic ring is 1. The first-order chi connectivity index (χ1) is 12.1. The largest absolute Gasteiger partial charge is 0.398 e. The molecule has 3 rings (SSSR count). The van der Waals surface area contributed by atoms with Crippen LogP contribution in [0.3, 0.4) is 0 Å². The normalized spacial score (nSPS) is 15.2. The van der Waals surface area contributed by atoms with Crippen molar-refractivity contribution in [3.63, 3.8) is 0 Å². The number of hydrogen-bond acceptors (Lipinski definition) is 3. The summed E-state index contributed by atoms with van der Waals surface area (Å²) >= 11 is 0. The first kappa shape index (κ1) is 17.2. The van der Waals surface area contributed by atoms with E-state index in [2.05, 4.69) is 17.4 Å². The molecule has 0 spiro atoms. The molecule has 1 amide bonds. The van der Waals surface area contributed by atoms with Crippen molar-refractivity contribution in [1.82, 2.24) is 5.32 Å². The number of benzene rings is 2. The summed E-state index contributed by atoms with van der Waals surface area (Å²) in [5.41, 5.74) is 9.31. The lowest BCUT2D eigenvalue weighted by Gasteiger charge is -2.34. The van der Waals surface area contributed by atoms with Crippen LogP contribution in [-0.2, 0) is 0 Å². The maximum atomic E-state index is 12.8. The minimum Gasteiger partial charge on any atom is -0.398 e. The quantitative estimate of drug-likeness (QED) is 0.543. The van der Waals surface area contributed by atoms with Crippen LogP contribution in [0.25, 0.3) is 0 Å². The Morgan fingerprint density at radius 1 is 1.24 bits per heavy atom. The van der Waals surface area contributed by atoms with Gasteiger partial charge in [0.2, 0.25) is 0 Å². The van der Waals surface area contributed by atoms with Gasteiger partial charge >= 0.3 is 0 Å². The van der Waals surface area contributed by atoms with Crippen molar-refractivity contribution in [2.24, 2.45) is 5.92 Å². The van der Waals surface area contributed by atoms with E-state index >= 15 is 0 Å². The second kappa shape index (κ2) is 7.51. The standard InChI is InChI=1S/C21H25N3O/c1-2-18(22)17-13-16(11-12-19(17)23)21(25)24-20(15-9-6-10-15)14-7-4-3-5-8-14/h3-5,7-8,11-13,15,20,22H,2,6,9-10,23H2,1H3,(H,24,25). The molecular formula is C21H25N3O. The van der Waals surface area contributed by atoms with Crippen LogP contribution >= 0.6 is 0 Å². The molecule has 0 aromatic heterocycles. The molecule has 0 heterocycles. The van der Waals surface area contributed by atoms with Crippen LogP contribution in [0, 0.1) is 11.3 Å². The zero-order chi connectivity index (χ0) is 17.8. The fourth-order valence-corrected chi connectivity index (χ4v) is 3.28. The summed E-state index contributed by atoms with van der Waals surface area (Å²) in [4.78, 5) is 12.8. The zero-order valence-electron chi connectivity index (χ0n) is 14.6. The number of carbonyl (C=O) groups is 1. The molecule has 2 aromatic rings. The fourth-order valence-electron chi connectivity index (χ4n) is 3.28. The van der Waals surface area contributed by atoms with E-state index in [4.69, 9.17) is 11.1 Å². The number of hydrogen-bond donors (Lipinski definition) is 3. The van der Waals surface area contributed by atoms with Crippen LogP contribution in [-0.4, -0.2) is 11.6 Å². The lowest BCUT2D eigenvalue weighted by Crippen LogP contribution is -2.36. The second-order valence-corrected chi connectivity index (χ2v) is 6.69. The van der Waals surface area contributed by atoms with Gasteiger partial charge in [0.1, 0.15) is 0 Å². The van der Waals surface area contributed by atoms with Crippen LogP contribution < -0.4 is 11.1 Å². The molecule has 130 valence electrons. The number of nitrogens with one attached hydrogen (secondary N) is 2. The summed E-state index contributed by atoms with van der Waals surface area (Å²) in [5, 5.41) is 11.2. The first-order valence-corrected chi connectivity index (χ1v) is 8.93. The fraction of sp³-hybridized carbons (Fsp3) is 0.333. The number of anilines is 1. The van der Waals surface area contributed by atoms with Crippen LogP contribution in [0.2, 0.25) is 0 Å². The van der Waals surface area contributed by atoms with Crippen LogP contribution in [0.1, 0.15) is 60.1 Å². The van der Waals surface area contributed by atoms with Gasteiger partial charge in [-0.2, -0.15) is 0 Å². The van der Waals surface area contributed by atoms with Crippen molar-refractivity contribution in [3.05, 3.63) is 65.2 Å². The highest BCUT2D eigenvalue weighted by atomic mass is 16.1. The Kier molecular flexibility index (Phi) is 5.17. The van der Waals surface area contributed by atoms with Gasteiger partial charge in [-0.25, -0.2) is 0 Å². The van der Waals surface area contributed by atoms with Crippen molar-refractivity contribution < 1.29 is 4.79 Å². The Morgan fingerprint density at radius 3 is 2.56 bits per heavy atom. The van der Waals surface area contributed by atoms with Crippen LogP contribution in [0.5, 0.6) is 0 Å². The molecule has 1 aliphatic carbocycles. The van der Waals surface area contributed by atoms with E-state index in [0.29, 0.717) is 34.9 Å². The smallest absolute Gasteiger partial charge is 0.251 e. The van der Waals surface area contributed by atoms with Gasteiger partial charge in [0.15, 0.2) is 0 Å². The number of carbonyl (C=O) groups excluding carboxylic acids is 1. The summed E-state index contributed by atoms with van der Waals surface area (Å²) in [6, 6.07) is 15.4. The lowest BCUT2D eigenvalue weighted by molar-refractivity contribution is 0.0900. The highest BCUT2D eigenvalue weighted by molar-refractivity contribution is 6.05. The van der Waals surface area contributed by atoms with Crippen LogP contribution in [0.4, 0.5) is 5.69 Å². The zero-order valence-corrected chi connectivity index (χ0v) is 14.6. The Morgan fingerprint density at radius 2 is 1.96 bits per heavy atom. The third-order valence-electron chi connectivity index (χ3n) is 5.06. The van der Waals surface area contributed by atoms with Gasteiger partial charge < -0.3 is 16.5 Å². The maximum Gasteiger partial charge on any atom is 0.251 e. The Hall–Kier alpha value is -2.62. The minimum atomic E-state index is -0.106. The van der Waals surface area contributed by atoms with Gasteiger partial charge in [-0.1, -0.05) is 43.7 Å². The molecule has 1 fully saturated rings. The van der Waals surface area contributed by atoms with E-state index in [1.54, 1.807) is 18.2 Å². The van der Waals surface area contributed by atoms with Gasteiger partial charge in [-0.05, 0) is 48.9 Å². The third-order valence-corrected chi connectivity index (χ3v) is 5.06. The molecule has 2 aromatic carbocycles. The maximum absolute atomic E-state index is 12.8. The molecule has 4 heteroatoms. The number of rotatable bonds is 6. The van der Waals surface area contributed by atoms with Gasteiger partial charge in [0, 0.05) is 22.5 Å². The highest BCUT2D eigenvalue weighted by Crippen LogP contribution is 2.37. The average Bonchev–Trinajstić information content (AvgIpc) is 2.60. The van der Waals surface area contributed by atoms with E-state index in [1.807, 2.05) is 25.1 Å². The van der Waals surface area contributed by atoms with Gasteiger partial charge in [-0.15, -0.1) is 0 Å². The molecule has 0 radical (unpaired) electrons. The Balaban J connectivity index is 1.83. The van der Waals surface area contributed by atoms with Crippen molar-refractivity contribution in [1.29, 1.82) is 5.41 Å². The molecule has 1 unspecified atom stereocenters. The summed E-state index contributed by atoms with van der Waals surface area (Å²) in [5.74, 6) is 0.388.